The molecule has 0 aliphatic carbocycles. The summed E-state index contributed by atoms with van der Waals surface area (Å²) in [5, 5.41) is 7.70. The van der Waals surface area contributed by atoms with E-state index in [1.54, 1.807) is 24.3 Å². The second-order valence-electron chi connectivity index (χ2n) is 6.93. The Morgan fingerprint density at radius 2 is 1.94 bits per heavy atom. The Hall–Kier alpha value is -3.65. The summed E-state index contributed by atoms with van der Waals surface area (Å²) in [6.45, 7) is 0.491. The minimum atomic E-state index is -0.246. The number of nitrogens with zero attached hydrogens (tertiary/aromatic N) is 2. The number of hydrogen-bond donors (Lipinski definition) is 2. The highest BCUT2D eigenvalue weighted by Gasteiger charge is 2.14. The summed E-state index contributed by atoms with van der Waals surface area (Å²) in [6.07, 6.45) is 0.602. The van der Waals surface area contributed by atoms with Gasteiger partial charge in [0.25, 0.3) is 11.8 Å². The summed E-state index contributed by atoms with van der Waals surface area (Å²) in [5.41, 5.74) is 2.85. The van der Waals surface area contributed by atoms with Gasteiger partial charge < -0.3 is 19.9 Å². The second kappa shape index (κ2) is 9.01. The number of imidazole rings is 1. The Bertz CT molecular complexity index is 1230. The van der Waals surface area contributed by atoms with Crippen LogP contribution in [0.3, 0.4) is 0 Å². The zero-order chi connectivity index (χ0) is 21.8. The van der Waals surface area contributed by atoms with Crippen LogP contribution in [0.2, 0.25) is 0 Å². The van der Waals surface area contributed by atoms with E-state index in [1.165, 1.54) is 18.4 Å². The molecule has 0 fully saturated rings. The lowest BCUT2D eigenvalue weighted by Gasteiger charge is -2.09. The lowest BCUT2D eigenvalue weighted by molar-refractivity contribution is 0.0957. The lowest BCUT2D eigenvalue weighted by atomic mass is 10.2. The van der Waals surface area contributed by atoms with E-state index in [0.717, 1.165) is 16.9 Å². The normalized spacial score (nSPS) is 10.8. The SMILES string of the molecule is COc1ccccc1C(=O)Nc1ccc2c(c1)nc(CCNC(=O)c1cccs1)n2C. The Morgan fingerprint density at radius 1 is 1.10 bits per heavy atom. The van der Waals surface area contributed by atoms with Crippen LogP contribution in [0.5, 0.6) is 5.75 Å². The number of para-hydroxylation sites is 1. The number of carbonyl (C=O) groups is 2. The molecule has 8 heteroatoms. The number of nitrogens with one attached hydrogen (secondary N) is 2. The molecular formula is C23H22N4O3S. The first kappa shape index (κ1) is 20.6. The first-order valence-corrected chi connectivity index (χ1v) is 10.7. The molecule has 0 aliphatic heterocycles. The van der Waals surface area contributed by atoms with Crippen LogP contribution in [0, 0.1) is 0 Å². The fourth-order valence-corrected chi connectivity index (χ4v) is 4.00. The van der Waals surface area contributed by atoms with E-state index in [4.69, 9.17) is 4.74 Å². The maximum atomic E-state index is 12.6. The molecule has 2 aromatic carbocycles. The number of benzene rings is 2. The van der Waals surface area contributed by atoms with Gasteiger partial charge in [-0.2, -0.15) is 0 Å². The molecule has 2 aromatic heterocycles. The van der Waals surface area contributed by atoms with Crippen LogP contribution in [0.1, 0.15) is 25.9 Å². The van der Waals surface area contributed by atoms with Gasteiger partial charge in [-0.15, -0.1) is 11.3 Å². The van der Waals surface area contributed by atoms with E-state index in [9.17, 15) is 9.59 Å². The minimum Gasteiger partial charge on any atom is -0.496 e. The lowest BCUT2D eigenvalue weighted by Crippen LogP contribution is -2.25. The average Bonchev–Trinajstić information content (AvgIpc) is 3.42. The zero-order valence-corrected chi connectivity index (χ0v) is 18.0. The van der Waals surface area contributed by atoms with Crippen LogP contribution in [-0.4, -0.2) is 35.0 Å². The van der Waals surface area contributed by atoms with Gasteiger partial charge in [0, 0.05) is 25.7 Å². The van der Waals surface area contributed by atoms with Crippen molar-refractivity contribution in [3.05, 3.63) is 76.2 Å². The number of aromatic nitrogens is 2. The van der Waals surface area contributed by atoms with Crippen LogP contribution >= 0.6 is 11.3 Å². The third-order valence-corrected chi connectivity index (χ3v) is 5.83. The molecule has 2 amide bonds. The van der Waals surface area contributed by atoms with Crippen molar-refractivity contribution in [1.29, 1.82) is 0 Å². The van der Waals surface area contributed by atoms with Gasteiger partial charge in [0.1, 0.15) is 11.6 Å². The molecule has 4 rings (SSSR count). The van der Waals surface area contributed by atoms with Gasteiger partial charge in [-0.1, -0.05) is 18.2 Å². The Morgan fingerprint density at radius 3 is 2.71 bits per heavy atom. The highest BCUT2D eigenvalue weighted by Crippen LogP contribution is 2.23. The molecule has 2 heterocycles. The number of thiophene rings is 1. The van der Waals surface area contributed by atoms with Crippen molar-refractivity contribution in [3.63, 3.8) is 0 Å². The van der Waals surface area contributed by atoms with E-state index in [1.807, 2.05) is 47.3 Å². The number of aryl methyl sites for hydroxylation is 1. The van der Waals surface area contributed by atoms with E-state index < -0.39 is 0 Å². The Balaban J connectivity index is 1.45. The number of rotatable bonds is 7. The van der Waals surface area contributed by atoms with Crippen LogP contribution in [-0.2, 0) is 13.5 Å². The summed E-state index contributed by atoms with van der Waals surface area (Å²) in [7, 11) is 3.48. The van der Waals surface area contributed by atoms with Gasteiger partial charge in [0.15, 0.2) is 0 Å². The number of methoxy groups -OCH3 is 1. The van der Waals surface area contributed by atoms with Gasteiger partial charge in [-0.05, 0) is 41.8 Å². The zero-order valence-electron chi connectivity index (χ0n) is 17.2. The van der Waals surface area contributed by atoms with Crippen molar-refractivity contribution in [1.82, 2.24) is 14.9 Å². The van der Waals surface area contributed by atoms with Gasteiger partial charge in [0.05, 0.1) is 28.6 Å². The molecule has 0 radical (unpaired) electrons. The average molecular weight is 435 g/mol. The second-order valence-corrected chi connectivity index (χ2v) is 7.88. The highest BCUT2D eigenvalue weighted by atomic mass is 32.1. The largest absolute Gasteiger partial charge is 0.496 e. The van der Waals surface area contributed by atoms with Gasteiger partial charge in [0.2, 0.25) is 0 Å². The van der Waals surface area contributed by atoms with E-state index >= 15 is 0 Å². The summed E-state index contributed by atoms with van der Waals surface area (Å²) in [4.78, 5) is 30.1. The first-order valence-electron chi connectivity index (χ1n) is 9.78. The van der Waals surface area contributed by atoms with Crippen LogP contribution in [0.4, 0.5) is 5.69 Å². The number of carbonyl (C=O) groups excluding carboxylic acids is 2. The van der Waals surface area contributed by atoms with Gasteiger partial charge in [-0.3, -0.25) is 9.59 Å². The number of hydrogen-bond acceptors (Lipinski definition) is 5. The van der Waals surface area contributed by atoms with E-state index in [2.05, 4.69) is 15.6 Å². The van der Waals surface area contributed by atoms with Crippen molar-refractivity contribution < 1.29 is 14.3 Å². The molecule has 158 valence electrons. The monoisotopic (exact) mass is 434 g/mol. The number of anilines is 1. The Labute approximate surface area is 183 Å². The number of amides is 2. The molecule has 7 nitrogen and oxygen atoms in total. The summed E-state index contributed by atoms with van der Waals surface area (Å²) in [5.74, 6) is 1.06. The van der Waals surface area contributed by atoms with Crippen LogP contribution < -0.4 is 15.4 Å². The van der Waals surface area contributed by atoms with Gasteiger partial charge in [-0.25, -0.2) is 4.98 Å². The van der Waals surface area contributed by atoms with Crippen molar-refractivity contribution in [2.75, 3.05) is 19.0 Å². The molecule has 0 aliphatic rings. The fourth-order valence-electron chi connectivity index (χ4n) is 3.36. The molecule has 0 saturated carbocycles. The van der Waals surface area contributed by atoms with E-state index in [-0.39, 0.29) is 11.8 Å². The first-order chi connectivity index (χ1) is 15.1. The van der Waals surface area contributed by atoms with Gasteiger partial charge >= 0.3 is 0 Å². The quantitative estimate of drug-likeness (QED) is 0.462. The summed E-state index contributed by atoms with van der Waals surface area (Å²) >= 11 is 1.42. The molecular weight excluding hydrogens is 412 g/mol. The van der Waals surface area contributed by atoms with Crippen molar-refractivity contribution in [2.24, 2.45) is 7.05 Å². The van der Waals surface area contributed by atoms with Crippen LogP contribution in [0.15, 0.2) is 60.0 Å². The fraction of sp³-hybridized carbons (Fsp3) is 0.174. The topological polar surface area (TPSA) is 85.2 Å². The smallest absolute Gasteiger partial charge is 0.261 e. The Kier molecular flexibility index (Phi) is 5.99. The number of fused-ring (bicyclic) bond motifs is 1. The maximum absolute atomic E-state index is 12.6. The third kappa shape index (κ3) is 4.44. The molecule has 31 heavy (non-hydrogen) atoms. The molecule has 0 atom stereocenters. The molecule has 0 unspecified atom stereocenters. The molecule has 0 spiro atoms. The number of ether oxygens (including phenoxy) is 1. The highest BCUT2D eigenvalue weighted by molar-refractivity contribution is 7.12. The van der Waals surface area contributed by atoms with Crippen molar-refractivity contribution >= 4 is 39.9 Å². The molecule has 0 bridgehead atoms. The van der Waals surface area contributed by atoms with Crippen molar-refractivity contribution in [3.8, 4) is 5.75 Å². The molecule has 0 saturated heterocycles. The predicted octanol–water partition coefficient (Wildman–Crippen LogP) is 3.87. The van der Waals surface area contributed by atoms with Crippen LogP contribution in [0.25, 0.3) is 11.0 Å². The predicted molar refractivity (Wildman–Crippen MR) is 122 cm³/mol. The minimum absolute atomic E-state index is 0.0740. The summed E-state index contributed by atoms with van der Waals surface area (Å²) < 4.78 is 7.26. The third-order valence-electron chi connectivity index (χ3n) is 4.96. The standard InChI is InChI=1S/C23H22N4O3S/c1-27-18-10-9-15(25-22(28)16-6-3-4-7-19(16)30-2)14-17(18)26-21(27)11-12-24-23(29)20-8-5-13-31-20/h3-10,13-14H,11-12H2,1-2H3,(H,24,29)(H,25,28). The molecule has 2 N–H and O–H groups in total. The maximum Gasteiger partial charge on any atom is 0.261 e. The van der Waals surface area contributed by atoms with Crippen molar-refractivity contribution in [2.45, 2.75) is 6.42 Å². The molecule has 4 aromatic rings. The van der Waals surface area contributed by atoms with E-state index in [0.29, 0.717) is 34.8 Å². The summed E-state index contributed by atoms with van der Waals surface area (Å²) in [6, 6.07) is 16.4.